The Morgan fingerprint density at radius 1 is 1.47 bits per heavy atom. The molecular weight excluding hydrogens is 271 g/mol. The largest absolute Gasteiger partial charge is 0.396 e. The third kappa shape index (κ3) is 2.58. The highest BCUT2D eigenvalue weighted by molar-refractivity contribution is 7.89. The molecule has 1 aromatic rings. The molecule has 1 unspecified atom stereocenters. The van der Waals surface area contributed by atoms with Crippen molar-refractivity contribution >= 4 is 15.7 Å². The van der Waals surface area contributed by atoms with Crippen LogP contribution in [0.3, 0.4) is 0 Å². The van der Waals surface area contributed by atoms with E-state index >= 15 is 0 Å². The molecule has 1 aliphatic heterocycles. The Balaban J connectivity index is 2.41. The second kappa shape index (κ2) is 5.07. The summed E-state index contributed by atoms with van der Waals surface area (Å²) in [7, 11) is -2.18. The highest BCUT2D eigenvalue weighted by Gasteiger charge is 2.32. The van der Waals surface area contributed by atoms with Crippen LogP contribution in [-0.2, 0) is 14.8 Å². The fourth-order valence-corrected chi connectivity index (χ4v) is 3.72. The van der Waals surface area contributed by atoms with Gasteiger partial charge in [0.2, 0.25) is 10.0 Å². The Morgan fingerprint density at radius 3 is 2.74 bits per heavy atom. The van der Waals surface area contributed by atoms with E-state index in [-0.39, 0.29) is 16.6 Å². The summed E-state index contributed by atoms with van der Waals surface area (Å²) in [5.74, 6) is -0.608. The summed E-state index contributed by atoms with van der Waals surface area (Å²) < 4.78 is 44.8. The number of halogens is 1. The van der Waals surface area contributed by atoms with Crippen molar-refractivity contribution in [3.8, 4) is 0 Å². The predicted molar refractivity (Wildman–Crippen MR) is 69.7 cm³/mol. The van der Waals surface area contributed by atoms with Crippen molar-refractivity contribution in [2.24, 2.45) is 0 Å². The van der Waals surface area contributed by atoms with Crippen LogP contribution in [0.15, 0.2) is 17.0 Å². The van der Waals surface area contributed by atoms with E-state index in [1.54, 1.807) is 6.92 Å². The van der Waals surface area contributed by atoms with Crippen molar-refractivity contribution in [2.45, 2.75) is 24.3 Å². The predicted octanol–water partition coefficient (Wildman–Crippen LogP) is 1.13. The Morgan fingerprint density at radius 2 is 2.16 bits per heavy atom. The van der Waals surface area contributed by atoms with Crippen molar-refractivity contribution < 1.29 is 17.5 Å². The Bertz CT molecular complexity index is 583. The molecular formula is C12H17FN2O3S. The second-order valence-electron chi connectivity index (χ2n) is 4.68. The standard InChI is InChI=1S/C12H17FN2O3S/c1-8-5-10(13)11(14)6-12(8)19(16,17)15(2)9-3-4-18-7-9/h5-6,9H,3-4,7,14H2,1-2H3. The zero-order valence-corrected chi connectivity index (χ0v) is 11.7. The molecule has 0 bridgehead atoms. The van der Waals surface area contributed by atoms with Crippen LogP contribution in [0.1, 0.15) is 12.0 Å². The lowest BCUT2D eigenvalue weighted by molar-refractivity contribution is 0.181. The lowest BCUT2D eigenvalue weighted by atomic mass is 10.2. The van der Waals surface area contributed by atoms with E-state index in [2.05, 4.69) is 0 Å². The lowest BCUT2D eigenvalue weighted by Gasteiger charge is -2.23. The molecule has 1 aromatic carbocycles. The Hall–Kier alpha value is -1.18. The summed E-state index contributed by atoms with van der Waals surface area (Å²) in [5, 5.41) is 0. The van der Waals surface area contributed by atoms with Gasteiger partial charge in [-0.15, -0.1) is 0 Å². The summed E-state index contributed by atoms with van der Waals surface area (Å²) in [4.78, 5) is 0.0424. The van der Waals surface area contributed by atoms with E-state index in [1.807, 2.05) is 0 Å². The van der Waals surface area contributed by atoms with Crippen molar-refractivity contribution in [1.82, 2.24) is 4.31 Å². The SMILES string of the molecule is Cc1cc(F)c(N)cc1S(=O)(=O)N(C)C1CCOC1. The van der Waals surface area contributed by atoms with Gasteiger partial charge in [-0.1, -0.05) is 0 Å². The van der Waals surface area contributed by atoms with Gasteiger partial charge in [-0.25, -0.2) is 12.8 Å². The van der Waals surface area contributed by atoms with Gasteiger partial charge in [0.25, 0.3) is 0 Å². The summed E-state index contributed by atoms with van der Waals surface area (Å²) in [5.41, 5.74) is 5.64. The zero-order chi connectivity index (χ0) is 14.2. The maximum Gasteiger partial charge on any atom is 0.243 e. The smallest absolute Gasteiger partial charge is 0.243 e. The minimum absolute atomic E-state index is 0.0424. The molecule has 1 heterocycles. The number of nitrogens with zero attached hydrogens (tertiary/aromatic N) is 1. The number of hydrogen-bond acceptors (Lipinski definition) is 4. The molecule has 1 fully saturated rings. The van der Waals surface area contributed by atoms with Gasteiger partial charge in [-0.3, -0.25) is 0 Å². The molecule has 0 radical (unpaired) electrons. The topological polar surface area (TPSA) is 72.6 Å². The first-order chi connectivity index (χ1) is 8.84. The number of sulfonamides is 1. The van der Waals surface area contributed by atoms with Crippen LogP contribution >= 0.6 is 0 Å². The Labute approximate surface area is 112 Å². The van der Waals surface area contributed by atoms with Crippen LogP contribution in [0.5, 0.6) is 0 Å². The quantitative estimate of drug-likeness (QED) is 0.846. The molecule has 0 aromatic heterocycles. The number of likely N-dealkylation sites (N-methyl/N-ethyl adjacent to an activating group) is 1. The van der Waals surface area contributed by atoms with E-state index in [0.717, 1.165) is 6.07 Å². The highest BCUT2D eigenvalue weighted by atomic mass is 32.2. The molecule has 0 aliphatic carbocycles. The molecule has 0 spiro atoms. The first-order valence-electron chi connectivity index (χ1n) is 5.95. The molecule has 1 aliphatic rings. The van der Waals surface area contributed by atoms with Gasteiger partial charge in [0.15, 0.2) is 0 Å². The lowest BCUT2D eigenvalue weighted by Crippen LogP contribution is -2.37. The van der Waals surface area contributed by atoms with Gasteiger partial charge in [-0.05, 0) is 31.0 Å². The van der Waals surface area contributed by atoms with Crippen LogP contribution in [0.2, 0.25) is 0 Å². The van der Waals surface area contributed by atoms with Gasteiger partial charge in [0.05, 0.1) is 23.2 Å². The Kier molecular flexibility index (Phi) is 3.80. The van der Waals surface area contributed by atoms with Crippen LogP contribution < -0.4 is 5.73 Å². The first kappa shape index (κ1) is 14.2. The van der Waals surface area contributed by atoms with E-state index in [4.69, 9.17) is 10.5 Å². The molecule has 1 atom stereocenters. The molecule has 0 amide bonds. The van der Waals surface area contributed by atoms with E-state index in [0.29, 0.717) is 25.2 Å². The van der Waals surface area contributed by atoms with Crippen LogP contribution in [0.25, 0.3) is 0 Å². The first-order valence-corrected chi connectivity index (χ1v) is 7.39. The van der Waals surface area contributed by atoms with E-state index in [9.17, 15) is 12.8 Å². The third-order valence-electron chi connectivity index (χ3n) is 3.37. The summed E-state index contributed by atoms with van der Waals surface area (Å²) in [6.07, 6.45) is 0.658. The number of ether oxygens (including phenoxy) is 1. The number of rotatable bonds is 3. The minimum atomic E-state index is -3.69. The fraction of sp³-hybridized carbons (Fsp3) is 0.500. The molecule has 5 nitrogen and oxygen atoms in total. The normalized spacial score (nSPS) is 20.1. The number of benzene rings is 1. The second-order valence-corrected chi connectivity index (χ2v) is 6.64. The number of hydrogen-bond donors (Lipinski definition) is 1. The maximum absolute atomic E-state index is 13.3. The average molecular weight is 288 g/mol. The van der Waals surface area contributed by atoms with Crippen molar-refractivity contribution in [2.75, 3.05) is 26.0 Å². The highest BCUT2D eigenvalue weighted by Crippen LogP contribution is 2.26. The molecule has 7 heteroatoms. The number of nitrogen functional groups attached to an aromatic ring is 1. The molecule has 2 N–H and O–H groups in total. The zero-order valence-electron chi connectivity index (χ0n) is 10.9. The van der Waals surface area contributed by atoms with Gasteiger partial charge < -0.3 is 10.5 Å². The molecule has 0 saturated carbocycles. The molecule has 1 saturated heterocycles. The fourth-order valence-electron chi connectivity index (χ4n) is 2.11. The van der Waals surface area contributed by atoms with Gasteiger partial charge >= 0.3 is 0 Å². The van der Waals surface area contributed by atoms with Gasteiger partial charge in [0, 0.05) is 13.7 Å². The van der Waals surface area contributed by atoms with E-state index in [1.165, 1.54) is 17.4 Å². The monoisotopic (exact) mass is 288 g/mol. The maximum atomic E-state index is 13.3. The average Bonchev–Trinajstić information content (AvgIpc) is 2.86. The minimum Gasteiger partial charge on any atom is -0.396 e. The van der Waals surface area contributed by atoms with Crippen LogP contribution in [-0.4, -0.2) is 39.0 Å². The van der Waals surface area contributed by atoms with Gasteiger partial charge in [-0.2, -0.15) is 4.31 Å². The van der Waals surface area contributed by atoms with Crippen molar-refractivity contribution in [3.05, 3.63) is 23.5 Å². The summed E-state index contributed by atoms with van der Waals surface area (Å²) in [6, 6.07) is 2.13. The number of aryl methyl sites for hydroxylation is 1. The number of anilines is 1. The molecule has 106 valence electrons. The van der Waals surface area contributed by atoms with Crippen LogP contribution in [0.4, 0.5) is 10.1 Å². The van der Waals surface area contributed by atoms with Crippen LogP contribution in [0, 0.1) is 12.7 Å². The number of nitrogens with two attached hydrogens (primary N) is 1. The van der Waals surface area contributed by atoms with E-state index < -0.39 is 15.8 Å². The van der Waals surface area contributed by atoms with Crippen molar-refractivity contribution in [3.63, 3.8) is 0 Å². The summed E-state index contributed by atoms with van der Waals surface area (Å²) in [6.45, 7) is 2.48. The molecule has 19 heavy (non-hydrogen) atoms. The molecule has 2 rings (SSSR count). The third-order valence-corrected chi connectivity index (χ3v) is 5.42. The summed E-state index contributed by atoms with van der Waals surface area (Å²) >= 11 is 0. The van der Waals surface area contributed by atoms with Gasteiger partial charge in [0.1, 0.15) is 5.82 Å². The van der Waals surface area contributed by atoms with Crippen molar-refractivity contribution in [1.29, 1.82) is 0 Å².